The fraction of sp³-hybridized carbons (Fsp3) is 1.00. The van der Waals surface area contributed by atoms with Crippen molar-refractivity contribution in [2.75, 3.05) is 5.88 Å². The molecular formula is C25H45Cl. The number of unbranched alkanes of at least 4 members (excludes halogenated alkanes) is 6. The molecular weight excluding hydrogens is 336 g/mol. The second-order valence-corrected chi connectivity index (χ2v) is 10.3. The van der Waals surface area contributed by atoms with Crippen molar-refractivity contribution in [3.05, 3.63) is 0 Å². The summed E-state index contributed by atoms with van der Waals surface area (Å²) in [4.78, 5) is 0. The van der Waals surface area contributed by atoms with E-state index in [0.29, 0.717) is 0 Å². The fourth-order valence-electron chi connectivity index (χ4n) is 7.41. The maximum atomic E-state index is 5.80. The maximum absolute atomic E-state index is 5.80. The van der Waals surface area contributed by atoms with Gasteiger partial charge in [-0.2, -0.15) is 0 Å². The van der Waals surface area contributed by atoms with Crippen LogP contribution in [0.25, 0.3) is 0 Å². The first-order chi connectivity index (χ1) is 12.9. The summed E-state index contributed by atoms with van der Waals surface area (Å²) in [7, 11) is 0. The molecule has 0 unspecified atom stereocenters. The number of alkyl halides is 1. The van der Waals surface area contributed by atoms with Crippen LogP contribution < -0.4 is 0 Å². The van der Waals surface area contributed by atoms with E-state index < -0.39 is 0 Å². The zero-order valence-corrected chi connectivity index (χ0v) is 18.2. The van der Waals surface area contributed by atoms with E-state index in [1.54, 1.807) is 44.9 Å². The Bertz CT molecular complexity index is 318. The van der Waals surface area contributed by atoms with Crippen molar-refractivity contribution in [1.82, 2.24) is 0 Å². The van der Waals surface area contributed by atoms with Crippen LogP contribution >= 0.6 is 11.6 Å². The molecule has 0 nitrogen and oxygen atoms in total. The van der Waals surface area contributed by atoms with Gasteiger partial charge < -0.3 is 0 Å². The molecule has 0 bridgehead atoms. The number of hydrogen-bond donors (Lipinski definition) is 0. The first kappa shape index (κ1) is 21.0. The zero-order valence-electron chi connectivity index (χ0n) is 17.5. The molecule has 3 aliphatic rings. The zero-order chi connectivity index (χ0) is 18.1. The van der Waals surface area contributed by atoms with Gasteiger partial charge in [0.2, 0.25) is 0 Å². The van der Waals surface area contributed by atoms with E-state index in [9.17, 15) is 0 Å². The highest BCUT2D eigenvalue weighted by Gasteiger charge is 2.51. The largest absolute Gasteiger partial charge is 0.127 e. The Balaban J connectivity index is 1.56. The van der Waals surface area contributed by atoms with E-state index in [2.05, 4.69) is 0 Å². The van der Waals surface area contributed by atoms with Crippen molar-refractivity contribution in [1.29, 1.82) is 0 Å². The third-order valence-electron chi connectivity index (χ3n) is 8.59. The van der Waals surface area contributed by atoms with Gasteiger partial charge in [-0.05, 0) is 74.5 Å². The fourth-order valence-corrected chi connectivity index (χ4v) is 7.60. The van der Waals surface area contributed by atoms with Crippen LogP contribution in [-0.2, 0) is 0 Å². The molecule has 0 saturated heterocycles. The molecule has 26 heavy (non-hydrogen) atoms. The first-order valence-electron chi connectivity index (χ1n) is 12.4. The highest BCUT2D eigenvalue weighted by Crippen LogP contribution is 2.60. The van der Waals surface area contributed by atoms with Crippen LogP contribution in [0.1, 0.15) is 128 Å². The molecule has 3 fully saturated rings. The lowest BCUT2D eigenvalue weighted by atomic mass is 9.55. The Labute approximate surface area is 169 Å². The van der Waals surface area contributed by atoms with Crippen LogP contribution in [0, 0.1) is 23.2 Å². The molecule has 0 aromatic rings. The highest BCUT2D eigenvalue weighted by molar-refractivity contribution is 6.17. The molecule has 0 aliphatic heterocycles. The first-order valence-corrected chi connectivity index (χ1v) is 13.0. The van der Waals surface area contributed by atoms with Crippen LogP contribution in [0.3, 0.4) is 0 Å². The Morgan fingerprint density at radius 1 is 0.500 bits per heavy atom. The van der Waals surface area contributed by atoms with Gasteiger partial charge in [0.25, 0.3) is 0 Å². The molecule has 0 aromatic carbocycles. The molecule has 0 N–H and O–H groups in total. The molecule has 0 aromatic heterocycles. The number of hydrogen-bond acceptors (Lipinski definition) is 0. The van der Waals surface area contributed by atoms with Crippen LogP contribution in [0.4, 0.5) is 0 Å². The predicted octanol–water partition coefficient (Wildman–Crippen LogP) is 8.90. The average Bonchev–Trinajstić information content (AvgIpc) is 3.44. The minimum Gasteiger partial charge on any atom is -0.127 e. The summed E-state index contributed by atoms with van der Waals surface area (Å²) in [5, 5.41) is 0. The Kier molecular flexibility index (Phi) is 9.16. The molecule has 3 aliphatic carbocycles. The lowest BCUT2D eigenvalue weighted by Gasteiger charge is -2.49. The van der Waals surface area contributed by atoms with Crippen LogP contribution in [0.2, 0.25) is 0 Å². The third kappa shape index (κ3) is 5.21. The summed E-state index contributed by atoms with van der Waals surface area (Å²) in [5.74, 6) is 4.14. The summed E-state index contributed by atoms with van der Waals surface area (Å²) >= 11 is 5.80. The third-order valence-corrected chi connectivity index (χ3v) is 8.86. The lowest BCUT2D eigenvalue weighted by Crippen LogP contribution is -2.42. The van der Waals surface area contributed by atoms with E-state index in [0.717, 1.165) is 29.0 Å². The minimum atomic E-state index is 0.766. The van der Waals surface area contributed by atoms with E-state index in [4.69, 9.17) is 11.6 Å². The van der Waals surface area contributed by atoms with Crippen molar-refractivity contribution < 1.29 is 0 Å². The van der Waals surface area contributed by atoms with Gasteiger partial charge in [-0.1, -0.05) is 77.0 Å². The SMILES string of the molecule is ClCCCCCCCCCC(C1CCCC1)(C1CCCC1)C1CCCC1. The lowest BCUT2D eigenvalue weighted by molar-refractivity contribution is -0.00658. The van der Waals surface area contributed by atoms with Gasteiger partial charge in [0, 0.05) is 5.88 Å². The van der Waals surface area contributed by atoms with Gasteiger partial charge in [-0.25, -0.2) is 0 Å². The Morgan fingerprint density at radius 2 is 0.846 bits per heavy atom. The molecule has 0 atom stereocenters. The summed E-state index contributed by atoms with van der Waals surface area (Å²) in [6.45, 7) is 0. The van der Waals surface area contributed by atoms with Crippen LogP contribution in [-0.4, -0.2) is 5.88 Å². The van der Waals surface area contributed by atoms with Crippen molar-refractivity contribution in [3.8, 4) is 0 Å². The van der Waals surface area contributed by atoms with Gasteiger partial charge in [-0.3, -0.25) is 0 Å². The van der Waals surface area contributed by atoms with E-state index >= 15 is 0 Å². The van der Waals surface area contributed by atoms with Gasteiger partial charge in [0.05, 0.1) is 0 Å². The smallest absolute Gasteiger partial charge is 0.0223 e. The summed E-state index contributed by atoms with van der Waals surface area (Å²) in [5.41, 5.74) is 0.766. The van der Waals surface area contributed by atoms with Crippen LogP contribution in [0.15, 0.2) is 0 Å². The van der Waals surface area contributed by atoms with E-state index in [-0.39, 0.29) is 0 Å². The van der Waals surface area contributed by atoms with Crippen molar-refractivity contribution >= 4 is 11.6 Å². The second-order valence-electron chi connectivity index (χ2n) is 9.97. The summed E-state index contributed by atoms with van der Waals surface area (Å²) < 4.78 is 0. The normalized spacial score (nSPS) is 23.4. The molecule has 0 radical (unpaired) electrons. The molecule has 1 heteroatoms. The predicted molar refractivity (Wildman–Crippen MR) is 116 cm³/mol. The molecule has 0 heterocycles. The minimum absolute atomic E-state index is 0.766. The average molecular weight is 381 g/mol. The van der Waals surface area contributed by atoms with Gasteiger partial charge >= 0.3 is 0 Å². The monoisotopic (exact) mass is 380 g/mol. The van der Waals surface area contributed by atoms with Gasteiger partial charge in [0.15, 0.2) is 0 Å². The maximum Gasteiger partial charge on any atom is 0.0223 e. The van der Waals surface area contributed by atoms with Crippen LogP contribution in [0.5, 0.6) is 0 Å². The van der Waals surface area contributed by atoms with Crippen molar-refractivity contribution in [3.63, 3.8) is 0 Å². The van der Waals surface area contributed by atoms with Gasteiger partial charge in [-0.15, -0.1) is 11.6 Å². The van der Waals surface area contributed by atoms with E-state index in [1.807, 2.05) is 0 Å². The molecule has 3 rings (SSSR count). The van der Waals surface area contributed by atoms with E-state index in [1.165, 1.54) is 83.5 Å². The molecule has 0 amide bonds. The highest BCUT2D eigenvalue weighted by atomic mass is 35.5. The Morgan fingerprint density at radius 3 is 1.23 bits per heavy atom. The topological polar surface area (TPSA) is 0 Å². The quantitative estimate of drug-likeness (QED) is 0.234. The molecule has 0 spiro atoms. The molecule has 152 valence electrons. The number of rotatable bonds is 12. The summed E-state index contributed by atoms with van der Waals surface area (Å²) in [6.07, 6.45) is 30.2. The second kappa shape index (κ2) is 11.3. The number of halogens is 1. The van der Waals surface area contributed by atoms with Crippen molar-refractivity contribution in [2.45, 2.75) is 128 Å². The molecule has 3 saturated carbocycles. The summed E-state index contributed by atoms with van der Waals surface area (Å²) in [6, 6.07) is 0. The van der Waals surface area contributed by atoms with Crippen molar-refractivity contribution in [2.24, 2.45) is 23.2 Å². The van der Waals surface area contributed by atoms with Gasteiger partial charge in [0.1, 0.15) is 0 Å². The standard InChI is InChI=1S/C25H45Cl/c26-21-13-5-3-1-2-4-12-20-25(22-14-6-7-15-22,23-16-8-9-17-23)24-18-10-11-19-24/h22-24H,1-21H2. The Hall–Kier alpha value is 0.290.